The minimum Gasteiger partial charge on any atom is -0.820 e. The zero-order chi connectivity index (χ0) is 19.1. The van der Waals surface area contributed by atoms with E-state index in [1.165, 1.54) is 50.2 Å². The van der Waals surface area contributed by atoms with Crippen molar-refractivity contribution < 1.29 is 23.4 Å². The minimum atomic E-state index is -2.60. The van der Waals surface area contributed by atoms with Gasteiger partial charge in [0.2, 0.25) is 0 Å². The van der Waals surface area contributed by atoms with Gasteiger partial charge in [-0.3, -0.25) is 0 Å². The van der Waals surface area contributed by atoms with Crippen LogP contribution >= 0.6 is 8.60 Å². The lowest BCUT2D eigenvalue weighted by atomic mass is 10.2. The Morgan fingerprint density at radius 1 is 0.920 bits per heavy atom. The van der Waals surface area contributed by atoms with Crippen molar-refractivity contribution in [3.05, 3.63) is 36.4 Å². The number of rotatable bonds is 7. The number of aryl methyl sites for hydroxylation is 4. The Hall–Kier alpha value is -1.27. The molecule has 0 aliphatic rings. The molecule has 25 heavy (non-hydrogen) atoms. The van der Waals surface area contributed by atoms with Gasteiger partial charge in [0.25, 0.3) is 11.6 Å². The second-order valence-electron chi connectivity index (χ2n) is 5.65. The first kappa shape index (κ1) is 23.7. The molecule has 0 fully saturated rings. The average molecular weight is 372 g/mol. The SMILES string of the molecule is CCCCc1[nH]cc[n+]1C.CCCCc1[nH]cc[n+]1C.COP([O-])[O-]. The largest absolute Gasteiger partial charge is 0.820 e. The Morgan fingerprint density at radius 3 is 1.48 bits per heavy atom. The highest BCUT2D eigenvalue weighted by Gasteiger charge is 2.04. The van der Waals surface area contributed by atoms with E-state index in [1.54, 1.807) is 0 Å². The molecule has 0 saturated heterocycles. The average Bonchev–Trinajstić information content (AvgIpc) is 3.20. The molecule has 0 aliphatic heterocycles. The molecule has 2 aromatic rings. The molecule has 0 saturated carbocycles. The van der Waals surface area contributed by atoms with Crippen LogP contribution in [0.5, 0.6) is 0 Å². The molecule has 0 spiro atoms. The van der Waals surface area contributed by atoms with E-state index in [0.29, 0.717) is 0 Å². The highest BCUT2D eigenvalue weighted by molar-refractivity contribution is 7.36. The lowest BCUT2D eigenvalue weighted by Crippen LogP contribution is -2.30. The van der Waals surface area contributed by atoms with Crippen molar-refractivity contribution >= 4 is 8.60 Å². The summed E-state index contributed by atoms with van der Waals surface area (Å²) in [6.07, 6.45) is 15.5. The Balaban J connectivity index is 0.000000368. The predicted molar refractivity (Wildman–Crippen MR) is 95.1 cm³/mol. The van der Waals surface area contributed by atoms with Crippen LogP contribution in [0, 0.1) is 0 Å². The summed E-state index contributed by atoms with van der Waals surface area (Å²) in [5.41, 5.74) is 0. The summed E-state index contributed by atoms with van der Waals surface area (Å²) in [6.45, 7) is 4.42. The molecule has 2 rings (SSSR count). The predicted octanol–water partition coefficient (Wildman–Crippen LogP) is 0.944. The lowest BCUT2D eigenvalue weighted by molar-refractivity contribution is -0.678. The molecule has 0 bridgehead atoms. The molecule has 8 heteroatoms. The second kappa shape index (κ2) is 15.0. The smallest absolute Gasteiger partial charge is 0.253 e. The molecule has 2 aromatic heterocycles. The minimum absolute atomic E-state index is 1.10. The van der Waals surface area contributed by atoms with E-state index in [0.717, 1.165) is 7.11 Å². The van der Waals surface area contributed by atoms with Gasteiger partial charge in [0, 0.05) is 20.0 Å². The van der Waals surface area contributed by atoms with Crippen molar-refractivity contribution in [3.8, 4) is 0 Å². The van der Waals surface area contributed by atoms with Crippen LogP contribution in [0.25, 0.3) is 0 Å². The van der Waals surface area contributed by atoms with Crippen LogP contribution in [-0.2, 0) is 31.5 Å². The molecule has 0 amide bonds. The van der Waals surface area contributed by atoms with Crippen molar-refractivity contribution in [1.82, 2.24) is 9.97 Å². The van der Waals surface area contributed by atoms with Gasteiger partial charge in [-0.2, -0.15) is 8.60 Å². The maximum Gasteiger partial charge on any atom is 0.253 e. The molecular formula is C17H33N4O3P. The van der Waals surface area contributed by atoms with Gasteiger partial charge >= 0.3 is 0 Å². The van der Waals surface area contributed by atoms with Crippen LogP contribution in [0.15, 0.2) is 24.8 Å². The van der Waals surface area contributed by atoms with E-state index in [4.69, 9.17) is 0 Å². The van der Waals surface area contributed by atoms with E-state index in [1.807, 2.05) is 24.8 Å². The van der Waals surface area contributed by atoms with Crippen molar-refractivity contribution in [1.29, 1.82) is 0 Å². The Morgan fingerprint density at radius 2 is 1.28 bits per heavy atom. The van der Waals surface area contributed by atoms with Crippen molar-refractivity contribution in [2.45, 2.75) is 52.4 Å². The zero-order valence-corrected chi connectivity index (χ0v) is 17.0. The number of hydrogen-bond donors (Lipinski definition) is 2. The topological polar surface area (TPSA) is 94.7 Å². The fourth-order valence-electron chi connectivity index (χ4n) is 2.06. The first-order chi connectivity index (χ1) is 12.0. The summed E-state index contributed by atoms with van der Waals surface area (Å²) < 4.78 is 7.97. The first-order valence-corrected chi connectivity index (χ1v) is 9.77. The van der Waals surface area contributed by atoms with Crippen LogP contribution < -0.4 is 18.9 Å². The Labute approximate surface area is 152 Å². The van der Waals surface area contributed by atoms with Crippen LogP contribution in [0.3, 0.4) is 0 Å². The van der Waals surface area contributed by atoms with E-state index < -0.39 is 8.60 Å². The third-order valence-electron chi connectivity index (χ3n) is 3.63. The van der Waals surface area contributed by atoms with Crippen LogP contribution in [0.1, 0.15) is 51.2 Å². The fourth-order valence-corrected chi connectivity index (χ4v) is 2.06. The molecule has 0 aromatic carbocycles. The summed E-state index contributed by atoms with van der Waals surface area (Å²) in [7, 11) is 2.65. The standard InChI is InChI=1S/2C8H14N2.CH3O3P/c2*1-3-4-5-8-9-6-7-10(8)2;1-4-5(2)3/h2*6-7H,3-5H2,1-2H3;1H3/q;;-2/p+2. The number of nitrogens with one attached hydrogen (secondary N) is 2. The van der Waals surface area contributed by atoms with Crippen LogP contribution in [0.4, 0.5) is 0 Å². The van der Waals surface area contributed by atoms with E-state index in [-0.39, 0.29) is 0 Å². The Bertz CT molecular complexity index is 499. The summed E-state index contributed by atoms with van der Waals surface area (Å²) in [5.74, 6) is 2.64. The number of nitrogens with zero attached hydrogens (tertiary/aromatic N) is 2. The summed E-state index contributed by atoms with van der Waals surface area (Å²) in [6, 6.07) is 0. The second-order valence-corrected chi connectivity index (χ2v) is 6.46. The monoisotopic (exact) mass is 372 g/mol. The van der Waals surface area contributed by atoms with Gasteiger partial charge in [-0.05, 0) is 12.8 Å². The van der Waals surface area contributed by atoms with Crippen molar-refractivity contribution in [2.75, 3.05) is 7.11 Å². The number of aromatic amines is 2. The zero-order valence-electron chi connectivity index (χ0n) is 16.1. The van der Waals surface area contributed by atoms with Gasteiger partial charge in [0.05, 0.1) is 14.1 Å². The molecule has 0 aliphatic carbocycles. The number of unbranched alkanes of at least 4 members (excludes halogenated alkanes) is 2. The number of imidazole rings is 2. The first-order valence-electron chi connectivity index (χ1n) is 8.68. The van der Waals surface area contributed by atoms with Gasteiger partial charge in [0.1, 0.15) is 24.8 Å². The maximum atomic E-state index is 9.18. The molecule has 0 atom stereocenters. The van der Waals surface area contributed by atoms with Crippen LogP contribution in [-0.4, -0.2) is 17.1 Å². The molecule has 7 nitrogen and oxygen atoms in total. The third-order valence-corrected chi connectivity index (χ3v) is 3.93. The fraction of sp³-hybridized carbons (Fsp3) is 0.647. The maximum absolute atomic E-state index is 9.18. The van der Waals surface area contributed by atoms with Crippen LogP contribution in [0.2, 0.25) is 0 Å². The normalized spacial score (nSPS) is 10.1. The number of hydrogen-bond acceptors (Lipinski definition) is 3. The molecule has 2 N–H and O–H groups in total. The van der Waals surface area contributed by atoms with E-state index in [9.17, 15) is 9.79 Å². The van der Waals surface area contributed by atoms with Crippen molar-refractivity contribution in [3.63, 3.8) is 0 Å². The molecule has 0 unspecified atom stereocenters. The van der Waals surface area contributed by atoms with Gasteiger partial charge in [0.15, 0.2) is 0 Å². The summed E-state index contributed by atoms with van der Waals surface area (Å²) in [5, 5.41) is 0. The summed E-state index contributed by atoms with van der Waals surface area (Å²) in [4.78, 5) is 24.8. The molecule has 144 valence electrons. The molecular weight excluding hydrogens is 339 g/mol. The number of aromatic nitrogens is 4. The quantitative estimate of drug-likeness (QED) is 0.559. The third kappa shape index (κ3) is 11.8. The van der Waals surface area contributed by atoms with E-state index >= 15 is 0 Å². The van der Waals surface area contributed by atoms with Gasteiger partial charge in [-0.1, -0.05) is 26.7 Å². The van der Waals surface area contributed by atoms with Crippen molar-refractivity contribution in [2.24, 2.45) is 14.1 Å². The lowest BCUT2D eigenvalue weighted by Gasteiger charge is -2.25. The molecule has 0 radical (unpaired) electrons. The highest BCUT2D eigenvalue weighted by Crippen LogP contribution is 2.07. The van der Waals surface area contributed by atoms with Gasteiger partial charge < -0.3 is 14.3 Å². The van der Waals surface area contributed by atoms with E-state index in [2.05, 4.69) is 51.6 Å². The number of H-pyrrole nitrogens is 2. The summed E-state index contributed by atoms with van der Waals surface area (Å²) >= 11 is 0. The Kier molecular flexibility index (Phi) is 14.3. The molecule has 2 heterocycles. The highest BCUT2D eigenvalue weighted by atomic mass is 31.2. The van der Waals surface area contributed by atoms with Gasteiger partial charge in [-0.25, -0.2) is 19.1 Å². The van der Waals surface area contributed by atoms with Gasteiger partial charge in [-0.15, -0.1) is 0 Å².